The second-order valence-corrected chi connectivity index (χ2v) is 11.0. The number of sulfone groups is 1. The predicted octanol–water partition coefficient (Wildman–Crippen LogP) is 3.50. The van der Waals surface area contributed by atoms with E-state index in [1.807, 2.05) is 48.6 Å². The number of carbonyl (C=O) groups excluding carboxylic acids is 2. The Hall–Kier alpha value is -2.93. The van der Waals surface area contributed by atoms with Crippen molar-refractivity contribution in [3.05, 3.63) is 83.9 Å². The van der Waals surface area contributed by atoms with Crippen LogP contribution in [0.3, 0.4) is 0 Å². The van der Waals surface area contributed by atoms with Crippen molar-refractivity contribution in [1.82, 2.24) is 4.90 Å². The molecule has 1 aliphatic heterocycles. The van der Waals surface area contributed by atoms with Gasteiger partial charge in [0.05, 0.1) is 12.2 Å². The SMILES string of the molecule is CC(C)(C(=O)N1CC=CC1)S(=O)(=O)CC(CC(=O)OCc1ccccc1)c1ccccc1. The van der Waals surface area contributed by atoms with Gasteiger partial charge in [0.25, 0.3) is 0 Å². The molecular formula is C25H29NO5S. The van der Waals surface area contributed by atoms with E-state index >= 15 is 0 Å². The van der Waals surface area contributed by atoms with Gasteiger partial charge < -0.3 is 9.64 Å². The Morgan fingerprint density at radius 3 is 2.12 bits per heavy atom. The average Bonchev–Trinajstić information content (AvgIpc) is 3.32. The Morgan fingerprint density at radius 2 is 1.53 bits per heavy atom. The fraction of sp³-hybridized carbons (Fsp3) is 0.360. The molecule has 0 aromatic heterocycles. The monoisotopic (exact) mass is 455 g/mol. The normalized spacial score (nSPS) is 14.9. The third-order valence-corrected chi connectivity index (χ3v) is 8.32. The minimum atomic E-state index is -3.88. The average molecular weight is 456 g/mol. The van der Waals surface area contributed by atoms with E-state index in [1.54, 1.807) is 24.3 Å². The number of amides is 1. The fourth-order valence-electron chi connectivity index (χ4n) is 3.63. The van der Waals surface area contributed by atoms with Gasteiger partial charge in [-0.05, 0) is 25.0 Å². The topological polar surface area (TPSA) is 80.8 Å². The summed E-state index contributed by atoms with van der Waals surface area (Å²) in [5.74, 6) is -1.85. The zero-order valence-electron chi connectivity index (χ0n) is 18.4. The van der Waals surface area contributed by atoms with Crippen molar-refractivity contribution in [3.8, 4) is 0 Å². The number of hydrogen-bond donors (Lipinski definition) is 0. The van der Waals surface area contributed by atoms with Gasteiger partial charge in [0.2, 0.25) is 5.91 Å². The lowest BCUT2D eigenvalue weighted by Crippen LogP contribution is -2.50. The first-order valence-electron chi connectivity index (χ1n) is 10.6. The zero-order valence-corrected chi connectivity index (χ0v) is 19.3. The molecule has 32 heavy (non-hydrogen) atoms. The molecule has 1 aliphatic rings. The number of ether oxygens (including phenoxy) is 1. The quantitative estimate of drug-likeness (QED) is 0.427. The number of esters is 1. The smallest absolute Gasteiger partial charge is 0.306 e. The van der Waals surface area contributed by atoms with Crippen molar-refractivity contribution < 1.29 is 22.7 Å². The second kappa shape index (κ2) is 10.1. The molecule has 0 saturated heterocycles. The first-order valence-corrected chi connectivity index (χ1v) is 12.3. The number of nitrogens with zero attached hydrogens (tertiary/aromatic N) is 1. The van der Waals surface area contributed by atoms with Crippen molar-refractivity contribution in [3.63, 3.8) is 0 Å². The summed E-state index contributed by atoms with van der Waals surface area (Å²) in [5.41, 5.74) is 1.58. The van der Waals surface area contributed by atoms with Crippen LogP contribution in [-0.2, 0) is 30.8 Å². The van der Waals surface area contributed by atoms with Gasteiger partial charge in [-0.3, -0.25) is 9.59 Å². The van der Waals surface area contributed by atoms with Gasteiger partial charge in [-0.25, -0.2) is 8.42 Å². The lowest BCUT2D eigenvalue weighted by atomic mass is 9.98. The molecule has 0 bridgehead atoms. The van der Waals surface area contributed by atoms with Crippen LogP contribution in [0.15, 0.2) is 72.8 Å². The highest BCUT2D eigenvalue weighted by molar-refractivity contribution is 7.93. The van der Waals surface area contributed by atoms with E-state index in [0.29, 0.717) is 13.1 Å². The molecule has 1 amide bonds. The van der Waals surface area contributed by atoms with Crippen LogP contribution in [0.5, 0.6) is 0 Å². The van der Waals surface area contributed by atoms with E-state index in [0.717, 1.165) is 11.1 Å². The molecule has 6 nitrogen and oxygen atoms in total. The third kappa shape index (κ3) is 5.65. The van der Waals surface area contributed by atoms with E-state index in [-0.39, 0.29) is 18.8 Å². The summed E-state index contributed by atoms with van der Waals surface area (Å²) in [6, 6.07) is 18.3. The zero-order chi connectivity index (χ0) is 23.2. The molecule has 3 rings (SSSR count). The Balaban J connectivity index is 1.75. The molecular weight excluding hydrogens is 426 g/mol. The van der Waals surface area contributed by atoms with Gasteiger partial charge in [0.1, 0.15) is 11.4 Å². The first kappa shape index (κ1) is 23.7. The minimum absolute atomic E-state index is 0.0916. The van der Waals surface area contributed by atoms with E-state index in [1.165, 1.54) is 18.7 Å². The van der Waals surface area contributed by atoms with E-state index in [9.17, 15) is 18.0 Å². The maximum absolute atomic E-state index is 13.4. The molecule has 7 heteroatoms. The Morgan fingerprint density at radius 1 is 0.969 bits per heavy atom. The van der Waals surface area contributed by atoms with Gasteiger partial charge in [0, 0.05) is 19.0 Å². The molecule has 1 atom stereocenters. The minimum Gasteiger partial charge on any atom is -0.461 e. The van der Waals surface area contributed by atoms with Crippen LogP contribution in [-0.4, -0.2) is 48.8 Å². The summed E-state index contributed by atoms with van der Waals surface area (Å²) in [6.45, 7) is 3.83. The summed E-state index contributed by atoms with van der Waals surface area (Å²) < 4.78 is 30.5. The molecule has 2 aromatic carbocycles. The molecule has 0 saturated carbocycles. The number of benzene rings is 2. The molecule has 0 spiro atoms. The predicted molar refractivity (Wildman–Crippen MR) is 124 cm³/mol. The van der Waals surface area contributed by atoms with Crippen LogP contribution in [0, 0.1) is 0 Å². The summed E-state index contributed by atoms with van der Waals surface area (Å²) in [7, 11) is -3.88. The van der Waals surface area contributed by atoms with Crippen LogP contribution < -0.4 is 0 Å². The standard InChI is InChI=1S/C25H29NO5S/c1-25(2,24(28)26-15-9-10-16-26)32(29,30)19-22(21-13-7-4-8-14-21)17-23(27)31-18-20-11-5-3-6-12-20/h3-14,22H,15-19H2,1-2H3. The van der Waals surface area contributed by atoms with Crippen molar-refractivity contribution >= 4 is 21.7 Å². The maximum atomic E-state index is 13.4. The molecule has 170 valence electrons. The van der Waals surface area contributed by atoms with Crippen molar-refractivity contribution in [1.29, 1.82) is 0 Å². The lowest BCUT2D eigenvalue weighted by molar-refractivity contribution is -0.145. The van der Waals surface area contributed by atoms with Gasteiger partial charge >= 0.3 is 5.97 Å². The highest BCUT2D eigenvalue weighted by Gasteiger charge is 2.45. The summed E-state index contributed by atoms with van der Waals surface area (Å²) in [6.07, 6.45) is 3.60. The van der Waals surface area contributed by atoms with Gasteiger partial charge in [0.15, 0.2) is 9.84 Å². The molecule has 1 unspecified atom stereocenters. The molecule has 0 radical (unpaired) electrons. The second-order valence-electron chi connectivity index (χ2n) is 8.43. The first-order chi connectivity index (χ1) is 15.2. The number of carbonyl (C=O) groups is 2. The van der Waals surface area contributed by atoms with Crippen LogP contribution in [0.1, 0.15) is 37.3 Å². The Labute approximate surface area is 189 Å². The third-order valence-electron chi connectivity index (χ3n) is 5.75. The van der Waals surface area contributed by atoms with E-state index in [4.69, 9.17) is 4.74 Å². The van der Waals surface area contributed by atoms with Crippen molar-refractivity contribution in [2.45, 2.75) is 37.5 Å². The van der Waals surface area contributed by atoms with Crippen LogP contribution >= 0.6 is 0 Å². The Bertz CT molecular complexity index is 1050. The van der Waals surface area contributed by atoms with Gasteiger partial charge in [-0.2, -0.15) is 0 Å². The highest BCUT2D eigenvalue weighted by atomic mass is 32.2. The van der Waals surface area contributed by atoms with E-state index < -0.39 is 32.4 Å². The summed E-state index contributed by atoms with van der Waals surface area (Å²) >= 11 is 0. The van der Waals surface area contributed by atoms with Gasteiger partial charge in [-0.1, -0.05) is 72.8 Å². The molecule has 0 aliphatic carbocycles. The molecule has 2 aromatic rings. The number of hydrogen-bond acceptors (Lipinski definition) is 5. The lowest BCUT2D eigenvalue weighted by Gasteiger charge is -2.30. The van der Waals surface area contributed by atoms with Crippen molar-refractivity contribution in [2.24, 2.45) is 0 Å². The highest BCUT2D eigenvalue weighted by Crippen LogP contribution is 2.29. The molecule has 0 N–H and O–H groups in total. The number of rotatable bonds is 9. The maximum Gasteiger partial charge on any atom is 0.306 e. The van der Waals surface area contributed by atoms with Crippen LogP contribution in [0.4, 0.5) is 0 Å². The van der Waals surface area contributed by atoms with Crippen LogP contribution in [0.2, 0.25) is 0 Å². The molecule has 0 fully saturated rings. The Kier molecular flexibility index (Phi) is 7.51. The summed E-state index contributed by atoms with van der Waals surface area (Å²) in [5, 5.41) is 0. The van der Waals surface area contributed by atoms with Crippen LogP contribution in [0.25, 0.3) is 0 Å². The fourth-order valence-corrected chi connectivity index (χ4v) is 5.28. The summed E-state index contributed by atoms with van der Waals surface area (Å²) in [4.78, 5) is 27.0. The largest absolute Gasteiger partial charge is 0.461 e. The molecule has 1 heterocycles. The van der Waals surface area contributed by atoms with Gasteiger partial charge in [-0.15, -0.1) is 0 Å². The van der Waals surface area contributed by atoms with Crippen molar-refractivity contribution in [2.75, 3.05) is 18.8 Å². The van der Waals surface area contributed by atoms with E-state index in [2.05, 4.69) is 0 Å².